The second-order valence-electron chi connectivity index (χ2n) is 5.75. The fourth-order valence-corrected chi connectivity index (χ4v) is 2.74. The van der Waals surface area contributed by atoms with E-state index >= 15 is 0 Å². The lowest BCUT2D eigenvalue weighted by atomic mass is 10.1. The number of benzene rings is 1. The second kappa shape index (κ2) is 5.84. The van der Waals surface area contributed by atoms with Crippen LogP contribution in [-0.2, 0) is 9.53 Å². The molecule has 0 amide bonds. The van der Waals surface area contributed by atoms with Crippen LogP contribution in [0.25, 0.3) is 0 Å². The number of nitrogens with zero attached hydrogens (tertiary/aromatic N) is 1. The number of carbonyl (C=O) groups excluding carboxylic acids is 1. The molecule has 2 heterocycles. The van der Waals surface area contributed by atoms with Gasteiger partial charge in [0.1, 0.15) is 13.2 Å². The van der Waals surface area contributed by atoms with Crippen molar-refractivity contribution in [2.45, 2.75) is 26.4 Å². The molecule has 5 nitrogen and oxygen atoms in total. The molecular formula is C16H21NO4. The minimum absolute atomic E-state index is 0.0411. The Morgan fingerprint density at radius 3 is 2.81 bits per heavy atom. The summed E-state index contributed by atoms with van der Waals surface area (Å²) in [4.78, 5) is 14.2. The molecule has 5 heteroatoms. The summed E-state index contributed by atoms with van der Waals surface area (Å²) in [5, 5.41) is 0. The zero-order valence-electron chi connectivity index (χ0n) is 12.5. The van der Waals surface area contributed by atoms with Gasteiger partial charge < -0.3 is 19.1 Å². The van der Waals surface area contributed by atoms with Crippen molar-refractivity contribution >= 4 is 11.7 Å². The van der Waals surface area contributed by atoms with Crippen molar-refractivity contribution in [1.82, 2.24) is 0 Å². The van der Waals surface area contributed by atoms with Crippen molar-refractivity contribution in [3.63, 3.8) is 0 Å². The van der Waals surface area contributed by atoms with Gasteiger partial charge in [-0.15, -0.1) is 0 Å². The van der Waals surface area contributed by atoms with Gasteiger partial charge in [0.15, 0.2) is 11.5 Å². The van der Waals surface area contributed by atoms with Crippen LogP contribution in [0.3, 0.4) is 0 Å². The van der Waals surface area contributed by atoms with E-state index in [-0.39, 0.29) is 18.0 Å². The molecule has 0 bridgehead atoms. The first-order valence-corrected chi connectivity index (χ1v) is 7.48. The summed E-state index contributed by atoms with van der Waals surface area (Å²) in [6.07, 6.45) is 0.779. The molecule has 0 radical (unpaired) electrons. The average Bonchev–Trinajstić information content (AvgIpc) is 2.96. The lowest BCUT2D eigenvalue weighted by molar-refractivity contribution is -0.151. The number of ether oxygens (including phenoxy) is 3. The molecule has 3 rings (SSSR count). The van der Waals surface area contributed by atoms with Crippen LogP contribution in [0.15, 0.2) is 18.2 Å². The largest absolute Gasteiger partial charge is 0.486 e. The summed E-state index contributed by atoms with van der Waals surface area (Å²) in [6.45, 7) is 6.50. The monoisotopic (exact) mass is 291 g/mol. The highest BCUT2D eigenvalue weighted by molar-refractivity contribution is 5.74. The Labute approximate surface area is 124 Å². The van der Waals surface area contributed by atoms with Gasteiger partial charge in [-0.25, -0.2) is 0 Å². The molecule has 0 aliphatic carbocycles. The Morgan fingerprint density at radius 1 is 1.29 bits per heavy atom. The molecule has 1 aromatic carbocycles. The Morgan fingerprint density at radius 2 is 2.05 bits per heavy atom. The summed E-state index contributed by atoms with van der Waals surface area (Å²) < 4.78 is 16.4. The third kappa shape index (κ3) is 3.06. The van der Waals surface area contributed by atoms with Crippen molar-refractivity contribution in [3.05, 3.63) is 18.2 Å². The lowest BCUT2D eigenvalue weighted by Gasteiger charge is -2.23. The molecule has 1 saturated heterocycles. The van der Waals surface area contributed by atoms with E-state index in [2.05, 4.69) is 4.90 Å². The fraction of sp³-hybridized carbons (Fsp3) is 0.562. The number of rotatable bonds is 3. The van der Waals surface area contributed by atoms with E-state index in [1.165, 1.54) is 0 Å². The van der Waals surface area contributed by atoms with Crippen LogP contribution in [-0.4, -0.2) is 38.4 Å². The van der Waals surface area contributed by atoms with Crippen LogP contribution in [0, 0.1) is 5.92 Å². The Kier molecular flexibility index (Phi) is 3.90. The Hall–Kier alpha value is -1.91. The van der Waals surface area contributed by atoms with Crippen LogP contribution in [0.1, 0.15) is 20.3 Å². The molecule has 1 atom stereocenters. The predicted octanol–water partition coefficient (Wildman–Crippen LogP) is 2.24. The zero-order chi connectivity index (χ0) is 14.8. The Balaban J connectivity index is 1.67. The number of esters is 1. The summed E-state index contributed by atoms with van der Waals surface area (Å²) in [5.41, 5.74) is 1.07. The van der Waals surface area contributed by atoms with Crippen LogP contribution < -0.4 is 14.4 Å². The van der Waals surface area contributed by atoms with Crippen LogP contribution in [0.4, 0.5) is 5.69 Å². The van der Waals surface area contributed by atoms with E-state index in [0.29, 0.717) is 19.8 Å². The van der Waals surface area contributed by atoms with Gasteiger partial charge in [-0.1, -0.05) is 0 Å². The lowest BCUT2D eigenvalue weighted by Crippen LogP contribution is -2.26. The maximum Gasteiger partial charge on any atom is 0.311 e. The molecule has 2 aliphatic rings. The van der Waals surface area contributed by atoms with Crippen LogP contribution >= 0.6 is 0 Å². The van der Waals surface area contributed by atoms with E-state index in [1.807, 2.05) is 32.0 Å². The smallest absolute Gasteiger partial charge is 0.311 e. The van der Waals surface area contributed by atoms with Crippen LogP contribution in [0.5, 0.6) is 11.5 Å². The molecule has 1 aromatic rings. The Bertz CT molecular complexity index is 529. The minimum atomic E-state index is -0.0926. The predicted molar refractivity (Wildman–Crippen MR) is 79.0 cm³/mol. The highest BCUT2D eigenvalue weighted by Crippen LogP contribution is 2.35. The number of hydrogen-bond donors (Lipinski definition) is 0. The van der Waals surface area contributed by atoms with E-state index in [9.17, 15) is 4.79 Å². The van der Waals surface area contributed by atoms with Gasteiger partial charge >= 0.3 is 5.97 Å². The maximum absolute atomic E-state index is 12.0. The molecule has 2 aliphatic heterocycles. The van der Waals surface area contributed by atoms with Gasteiger partial charge in [0.2, 0.25) is 0 Å². The quantitative estimate of drug-likeness (QED) is 0.799. The number of anilines is 1. The van der Waals surface area contributed by atoms with Gasteiger partial charge in [0.25, 0.3) is 0 Å². The SMILES string of the molecule is CC(C)OC(=O)C1CCN(c2ccc3c(c2)OCCO3)C1. The van der Waals surface area contributed by atoms with Crippen molar-refractivity contribution in [1.29, 1.82) is 0 Å². The number of carbonyl (C=O) groups is 1. The second-order valence-corrected chi connectivity index (χ2v) is 5.75. The van der Waals surface area contributed by atoms with E-state index in [4.69, 9.17) is 14.2 Å². The molecule has 0 saturated carbocycles. The molecule has 1 unspecified atom stereocenters. The first-order valence-electron chi connectivity index (χ1n) is 7.48. The first-order chi connectivity index (χ1) is 10.1. The van der Waals surface area contributed by atoms with Crippen LogP contribution in [0.2, 0.25) is 0 Å². The van der Waals surface area contributed by atoms with Gasteiger partial charge in [0.05, 0.1) is 12.0 Å². The summed E-state index contributed by atoms with van der Waals surface area (Å²) in [7, 11) is 0. The zero-order valence-corrected chi connectivity index (χ0v) is 12.5. The van der Waals surface area contributed by atoms with E-state index in [1.54, 1.807) is 0 Å². The summed E-state index contributed by atoms with van der Waals surface area (Å²) >= 11 is 0. The van der Waals surface area contributed by atoms with Crippen molar-refractivity contribution < 1.29 is 19.0 Å². The van der Waals surface area contributed by atoms with Crippen molar-refractivity contribution in [2.75, 3.05) is 31.2 Å². The van der Waals surface area contributed by atoms with E-state index in [0.717, 1.165) is 30.2 Å². The molecule has 0 spiro atoms. The molecular weight excluding hydrogens is 270 g/mol. The number of fused-ring (bicyclic) bond motifs is 1. The molecule has 1 fully saturated rings. The average molecular weight is 291 g/mol. The van der Waals surface area contributed by atoms with Crippen molar-refractivity contribution in [2.24, 2.45) is 5.92 Å². The molecule has 0 N–H and O–H groups in total. The molecule has 0 aromatic heterocycles. The number of hydrogen-bond acceptors (Lipinski definition) is 5. The molecule has 114 valence electrons. The standard InChI is InChI=1S/C16H21NO4/c1-11(2)21-16(18)12-5-6-17(10-12)13-3-4-14-15(9-13)20-8-7-19-14/h3-4,9,11-12H,5-8,10H2,1-2H3. The summed E-state index contributed by atoms with van der Waals surface area (Å²) in [5.74, 6) is 1.44. The highest BCUT2D eigenvalue weighted by atomic mass is 16.6. The van der Waals surface area contributed by atoms with Gasteiger partial charge in [-0.3, -0.25) is 4.79 Å². The maximum atomic E-state index is 12.0. The first kappa shape index (κ1) is 14.0. The third-order valence-corrected chi connectivity index (χ3v) is 3.76. The minimum Gasteiger partial charge on any atom is -0.486 e. The third-order valence-electron chi connectivity index (χ3n) is 3.76. The van der Waals surface area contributed by atoms with Crippen molar-refractivity contribution in [3.8, 4) is 11.5 Å². The molecule has 21 heavy (non-hydrogen) atoms. The normalized spacial score (nSPS) is 20.7. The fourth-order valence-electron chi connectivity index (χ4n) is 2.74. The van der Waals surface area contributed by atoms with Gasteiger partial charge in [-0.05, 0) is 32.4 Å². The van der Waals surface area contributed by atoms with E-state index < -0.39 is 0 Å². The topological polar surface area (TPSA) is 48.0 Å². The highest BCUT2D eigenvalue weighted by Gasteiger charge is 2.30. The van der Waals surface area contributed by atoms with Gasteiger partial charge in [-0.2, -0.15) is 0 Å². The summed E-state index contributed by atoms with van der Waals surface area (Å²) in [6, 6.07) is 5.94. The van der Waals surface area contributed by atoms with Gasteiger partial charge in [0, 0.05) is 24.8 Å².